The highest BCUT2D eigenvalue weighted by Gasteiger charge is 2.25. The van der Waals surface area contributed by atoms with E-state index in [0.717, 1.165) is 17.1 Å². The van der Waals surface area contributed by atoms with Crippen LogP contribution in [0.25, 0.3) is 0 Å². The van der Waals surface area contributed by atoms with Crippen molar-refractivity contribution >= 4 is 29.0 Å². The topological polar surface area (TPSA) is 122 Å². The third-order valence-electron chi connectivity index (χ3n) is 4.72. The van der Waals surface area contributed by atoms with Crippen LogP contribution in [0.15, 0.2) is 30.5 Å². The van der Waals surface area contributed by atoms with E-state index < -0.39 is 12.1 Å². The second-order valence-electron chi connectivity index (χ2n) is 6.55. The normalized spacial score (nSPS) is 22.2. The number of carbonyl (C=O) groups is 2. The number of fused-ring (bicyclic) bond motifs is 2. The number of nitrogens with two attached hydrogens (primary N) is 1. The van der Waals surface area contributed by atoms with Crippen molar-refractivity contribution in [3.05, 3.63) is 41.9 Å². The predicted octanol–water partition coefficient (Wildman–Crippen LogP) is 1.05. The zero-order chi connectivity index (χ0) is 18.1. The first-order chi connectivity index (χ1) is 12.6. The molecule has 26 heavy (non-hydrogen) atoms. The van der Waals surface area contributed by atoms with Crippen LogP contribution in [-0.2, 0) is 22.4 Å². The summed E-state index contributed by atoms with van der Waals surface area (Å²) in [7, 11) is 0. The van der Waals surface area contributed by atoms with E-state index >= 15 is 0 Å². The van der Waals surface area contributed by atoms with E-state index in [4.69, 9.17) is 5.73 Å². The molecular weight excluding hydrogens is 332 g/mol. The van der Waals surface area contributed by atoms with Gasteiger partial charge in [-0.05, 0) is 49.9 Å². The van der Waals surface area contributed by atoms with Gasteiger partial charge in [0.25, 0.3) is 0 Å². The van der Waals surface area contributed by atoms with Crippen LogP contribution in [0.4, 0.5) is 17.2 Å². The van der Waals surface area contributed by atoms with Crippen molar-refractivity contribution in [1.29, 1.82) is 0 Å². The lowest BCUT2D eigenvalue weighted by Gasteiger charge is -2.17. The van der Waals surface area contributed by atoms with E-state index in [9.17, 15) is 9.59 Å². The van der Waals surface area contributed by atoms with Gasteiger partial charge in [-0.1, -0.05) is 0 Å². The van der Waals surface area contributed by atoms with Gasteiger partial charge in [0.05, 0.1) is 28.8 Å². The fourth-order valence-electron chi connectivity index (χ4n) is 3.23. The molecule has 5 N–H and O–H groups in total. The van der Waals surface area contributed by atoms with Crippen LogP contribution < -0.4 is 21.7 Å². The highest BCUT2D eigenvalue weighted by atomic mass is 16.2. The number of hydrogen-bond acceptors (Lipinski definition) is 6. The smallest absolute Gasteiger partial charge is 0.246 e. The van der Waals surface area contributed by atoms with E-state index in [2.05, 4.69) is 25.9 Å². The molecule has 2 amide bonds. The van der Waals surface area contributed by atoms with Crippen LogP contribution in [0.3, 0.4) is 0 Å². The van der Waals surface area contributed by atoms with Gasteiger partial charge in [-0.3, -0.25) is 14.6 Å². The summed E-state index contributed by atoms with van der Waals surface area (Å²) in [6, 6.07) is 6.29. The molecule has 2 aromatic rings. The monoisotopic (exact) mass is 352 g/mol. The number of aryl methyl sites for hydroxylation is 2. The standard InChI is InChI=1S/C18H20N6O2/c19-10-3-4-13-14(23-17(10)25)7-8-16(21-13)22-15-6-5-11-12(24-18(15)26)2-1-9-20-11/h1-2,7-10,15H,3-6,19H2,(H,21,22)(H,23,25)(H,24,26)/t10-,15+/m1/s1. The molecule has 0 unspecified atom stereocenters. The summed E-state index contributed by atoms with van der Waals surface area (Å²) in [6.45, 7) is 0. The number of nitrogens with one attached hydrogen (secondary N) is 3. The Morgan fingerprint density at radius 2 is 1.77 bits per heavy atom. The second kappa shape index (κ2) is 6.72. The molecule has 8 nitrogen and oxygen atoms in total. The Kier molecular flexibility index (Phi) is 4.26. The number of hydrogen-bond donors (Lipinski definition) is 4. The summed E-state index contributed by atoms with van der Waals surface area (Å²) in [6.07, 6.45) is 4.20. The third kappa shape index (κ3) is 3.23. The molecule has 2 atom stereocenters. The Balaban J connectivity index is 1.51. The van der Waals surface area contributed by atoms with Gasteiger partial charge in [0.2, 0.25) is 11.8 Å². The van der Waals surface area contributed by atoms with Gasteiger partial charge in [-0.2, -0.15) is 0 Å². The highest BCUT2D eigenvalue weighted by molar-refractivity contribution is 5.98. The summed E-state index contributed by atoms with van der Waals surface area (Å²) >= 11 is 0. The number of pyridine rings is 2. The average Bonchev–Trinajstić information content (AvgIpc) is 2.88. The van der Waals surface area contributed by atoms with Gasteiger partial charge in [0.1, 0.15) is 11.9 Å². The van der Waals surface area contributed by atoms with Gasteiger partial charge >= 0.3 is 0 Å². The summed E-state index contributed by atoms with van der Waals surface area (Å²) < 4.78 is 0. The van der Waals surface area contributed by atoms with Crippen LogP contribution in [0, 0.1) is 0 Å². The fourth-order valence-corrected chi connectivity index (χ4v) is 3.23. The van der Waals surface area contributed by atoms with Crippen LogP contribution in [0.1, 0.15) is 24.2 Å². The Morgan fingerprint density at radius 1 is 1.00 bits per heavy atom. The molecule has 2 aliphatic heterocycles. The van der Waals surface area contributed by atoms with Gasteiger partial charge in [0, 0.05) is 6.20 Å². The van der Waals surface area contributed by atoms with Gasteiger partial charge in [-0.15, -0.1) is 0 Å². The van der Waals surface area contributed by atoms with Gasteiger partial charge < -0.3 is 21.7 Å². The van der Waals surface area contributed by atoms with E-state index in [1.165, 1.54) is 0 Å². The predicted molar refractivity (Wildman–Crippen MR) is 97.8 cm³/mol. The Morgan fingerprint density at radius 3 is 2.65 bits per heavy atom. The lowest BCUT2D eigenvalue weighted by Crippen LogP contribution is -2.34. The number of carbonyl (C=O) groups excluding carboxylic acids is 2. The summed E-state index contributed by atoms with van der Waals surface area (Å²) in [5.41, 5.74) is 8.90. The summed E-state index contributed by atoms with van der Waals surface area (Å²) in [5, 5.41) is 8.91. The lowest BCUT2D eigenvalue weighted by molar-refractivity contribution is -0.118. The third-order valence-corrected chi connectivity index (χ3v) is 4.72. The van der Waals surface area contributed by atoms with Crippen molar-refractivity contribution in [2.45, 2.75) is 37.8 Å². The average molecular weight is 352 g/mol. The van der Waals surface area contributed by atoms with Crippen molar-refractivity contribution in [2.75, 3.05) is 16.0 Å². The summed E-state index contributed by atoms with van der Waals surface area (Å²) in [4.78, 5) is 33.2. The second-order valence-corrected chi connectivity index (χ2v) is 6.55. The number of rotatable bonds is 2. The molecule has 0 fully saturated rings. The van der Waals surface area contributed by atoms with Crippen LogP contribution in [0.5, 0.6) is 0 Å². The Hall–Kier alpha value is -3.00. The molecule has 0 saturated carbocycles. The molecule has 4 rings (SSSR count). The molecule has 0 bridgehead atoms. The van der Waals surface area contributed by atoms with Crippen LogP contribution in [0.2, 0.25) is 0 Å². The van der Waals surface area contributed by atoms with E-state index in [0.29, 0.717) is 37.2 Å². The quantitative estimate of drug-likeness (QED) is 0.641. The molecule has 4 heterocycles. The van der Waals surface area contributed by atoms with E-state index in [-0.39, 0.29) is 11.8 Å². The minimum Gasteiger partial charge on any atom is -0.358 e. The molecule has 0 saturated heterocycles. The molecule has 2 aromatic heterocycles. The summed E-state index contributed by atoms with van der Waals surface area (Å²) in [5.74, 6) is 0.302. The van der Waals surface area contributed by atoms with Gasteiger partial charge in [0.15, 0.2) is 0 Å². The van der Waals surface area contributed by atoms with Crippen molar-refractivity contribution in [1.82, 2.24) is 9.97 Å². The SMILES string of the molecule is N[C@@H]1CCc2nc(N[C@H]3CCc4ncccc4NC3=O)ccc2NC1=O. The van der Waals surface area contributed by atoms with E-state index in [1.807, 2.05) is 6.07 Å². The Bertz CT molecular complexity index is 869. The fraction of sp³-hybridized carbons (Fsp3) is 0.333. The first kappa shape index (κ1) is 16.5. The molecule has 0 radical (unpaired) electrons. The highest BCUT2D eigenvalue weighted by Crippen LogP contribution is 2.24. The first-order valence-electron chi connectivity index (χ1n) is 8.68. The van der Waals surface area contributed by atoms with Crippen molar-refractivity contribution in [3.8, 4) is 0 Å². The maximum atomic E-state index is 12.5. The lowest BCUT2D eigenvalue weighted by atomic mass is 10.1. The van der Waals surface area contributed by atoms with Crippen LogP contribution in [-0.4, -0.2) is 33.9 Å². The number of aromatic nitrogens is 2. The molecular formula is C18H20N6O2. The number of amides is 2. The number of anilines is 3. The van der Waals surface area contributed by atoms with Gasteiger partial charge in [-0.25, -0.2) is 4.98 Å². The zero-order valence-electron chi connectivity index (χ0n) is 14.2. The van der Waals surface area contributed by atoms with Crippen molar-refractivity contribution in [3.63, 3.8) is 0 Å². The first-order valence-corrected chi connectivity index (χ1v) is 8.68. The minimum absolute atomic E-state index is 0.108. The zero-order valence-corrected chi connectivity index (χ0v) is 14.2. The Labute approximate surface area is 150 Å². The van der Waals surface area contributed by atoms with Crippen molar-refractivity contribution < 1.29 is 9.59 Å². The van der Waals surface area contributed by atoms with E-state index in [1.54, 1.807) is 24.4 Å². The maximum Gasteiger partial charge on any atom is 0.246 e. The minimum atomic E-state index is -0.528. The molecule has 134 valence electrons. The molecule has 2 aliphatic rings. The molecule has 0 aromatic carbocycles. The largest absolute Gasteiger partial charge is 0.358 e. The molecule has 8 heteroatoms. The maximum absolute atomic E-state index is 12.5. The van der Waals surface area contributed by atoms with Crippen LogP contribution >= 0.6 is 0 Å². The molecule has 0 spiro atoms. The van der Waals surface area contributed by atoms with Crippen molar-refractivity contribution in [2.24, 2.45) is 5.73 Å². The number of nitrogens with zero attached hydrogens (tertiary/aromatic N) is 2. The molecule has 0 aliphatic carbocycles.